The molecule has 0 radical (unpaired) electrons. The molecule has 1 aliphatic carbocycles. The first kappa shape index (κ1) is 13.1. The van der Waals surface area contributed by atoms with Crippen LogP contribution < -0.4 is 10.9 Å². The highest BCUT2D eigenvalue weighted by molar-refractivity contribution is 6.32. The first-order valence-corrected chi connectivity index (χ1v) is 6.86. The molecule has 0 aliphatic heterocycles. The van der Waals surface area contributed by atoms with E-state index in [9.17, 15) is 4.79 Å². The lowest BCUT2D eigenvalue weighted by molar-refractivity contribution is 0.410. The molecule has 8 heteroatoms. The quantitative estimate of drug-likeness (QED) is 0.865. The van der Waals surface area contributed by atoms with Crippen molar-refractivity contribution in [2.24, 2.45) is 5.92 Å². The Morgan fingerprint density at radius 3 is 3.05 bits per heavy atom. The van der Waals surface area contributed by atoms with Crippen molar-refractivity contribution >= 4 is 17.3 Å². The zero-order valence-corrected chi connectivity index (χ0v) is 11.5. The predicted octanol–water partition coefficient (Wildman–Crippen LogP) is 1.34. The number of hydrogen-bond donors (Lipinski definition) is 1. The third-order valence-electron chi connectivity index (χ3n) is 3.18. The zero-order chi connectivity index (χ0) is 13.9. The van der Waals surface area contributed by atoms with Gasteiger partial charge in [-0.3, -0.25) is 4.79 Å². The maximum Gasteiger partial charge on any atom is 0.291 e. The average Bonchev–Trinajstić information content (AvgIpc) is 3.10. The largest absolute Gasteiger partial charge is 0.379 e. The number of rotatable bonds is 6. The van der Waals surface area contributed by atoms with Gasteiger partial charge in [0.25, 0.3) is 5.56 Å². The first-order valence-electron chi connectivity index (χ1n) is 6.49. The number of anilines is 1. The Bertz CT molecular complexity index is 636. The molecule has 1 saturated carbocycles. The van der Waals surface area contributed by atoms with Crippen LogP contribution in [0.25, 0.3) is 0 Å². The SMILES string of the molecule is O=c1c(NCCc2ncon2)c(Cl)cnn1CC1CC1. The van der Waals surface area contributed by atoms with E-state index < -0.39 is 0 Å². The lowest BCUT2D eigenvalue weighted by Gasteiger charge is -2.09. The van der Waals surface area contributed by atoms with Crippen molar-refractivity contribution in [3.8, 4) is 0 Å². The summed E-state index contributed by atoms with van der Waals surface area (Å²) in [6.07, 6.45) is 5.66. The van der Waals surface area contributed by atoms with Crippen molar-refractivity contribution < 1.29 is 4.52 Å². The molecule has 7 nitrogen and oxygen atoms in total. The number of halogens is 1. The zero-order valence-electron chi connectivity index (χ0n) is 10.8. The number of aromatic nitrogens is 4. The van der Waals surface area contributed by atoms with Crippen LogP contribution in [0.1, 0.15) is 18.7 Å². The molecule has 0 saturated heterocycles. The minimum Gasteiger partial charge on any atom is -0.379 e. The highest BCUT2D eigenvalue weighted by Crippen LogP contribution is 2.30. The molecule has 106 valence electrons. The summed E-state index contributed by atoms with van der Waals surface area (Å²) in [5, 5.41) is 11.1. The first-order chi connectivity index (χ1) is 9.74. The summed E-state index contributed by atoms with van der Waals surface area (Å²) >= 11 is 6.03. The lowest BCUT2D eigenvalue weighted by atomic mass is 10.3. The van der Waals surface area contributed by atoms with Gasteiger partial charge in [-0.2, -0.15) is 10.1 Å². The normalized spacial score (nSPS) is 14.4. The van der Waals surface area contributed by atoms with Gasteiger partial charge in [0, 0.05) is 19.5 Å². The van der Waals surface area contributed by atoms with Crippen LogP contribution in [0.15, 0.2) is 21.9 Å². The van der Waals surface area contributed by atoms with Gasteiger partial charge in [0.05, 0.1) is 11.2 Å². The molecule has 1 aliphatic rings. The van der Waals surface area contributed by atoms with Crippen molar-refractivity contribution in [2.75, 3.05) is 11.9 Å². The van der Waals surface area contributed by atoms with E-state index in [0.29, 0.717) is 42.0 Å². The van der Waals surface area contributed by atoms with Crippen LogP contribution in [-0.4, -0.2) is 26.5 Å². The molecular formula is C12H14ClN5O2. The van der Waals surface area contributed by atoms with Crippen molar-refractivity contribution in [3.63, 3.8) is 0 Å². The second kappa shape index (κ2) is 5.62. The van der Waals surface area contributed by atoms with Crippen LogP contribution >= 0.6 is 11.6 Å². The molecular weight excluding hydrogens is 282 g/mol. The van der Waals surface area contributed by atoms with Gasteiger partial charge in [-0.25, -0.2) is 4.68 Å². The van der Waals surface area contributed by atoms with Crippen molar-refractivity contribution in [2.45, 2.75) is 25.8 Å². The van der Waals surface area contributed by atoms with Gasteiger partial charge in [-0.05, 0) is 18.8 Å². The van der Waals surface area contributed by atoms with Crippen molar-refractivity contribution in [1.29, 1.82) is 0 Å². The predicted molar refractivity (Wildman–Crippen MR) is 72.7 cm³/mol. The second-order valence-electron chi connectivity index (χ2n) is 4.82. The number of nitrogens with one attached hydrogen (secondary N) is 1. The topological polar surface area (TPSA) is 85.8 Å². The van der Waals surface area contributed by atoms with E-state index in [0.717, 1.165) is 12.8 Å². The molecule has 2 aromatic heterocycles. The van der Waals surface area contributed by atoms with E-state index in [4.69, 9.17) is 11.6 Å². The molecule has 0 amide bonds. The molecule has 0 spiro atoms. The molecule has 0 bridgehead atoms. The summed E-state index contributed by atoms with van der Waals surface area (Å²) in [7, 11) is 0. The number of hydrogen-bond acceptors (Lipinski definition) is 6. The van der Waals surface area contributed by atoms with Crippen LogP contribution in [0.2, 0.25) is 5.02 Å². The fourth-order valence-corrected chi connectivity index (χ4v) is 2.10. The molecule has 3 rings (SSSR count). The molecule has 1 N–H and O–H groups in total. The molecule has 20 heavy (non-hydrogen) atoms. The van der Waals surface area contributed by atoms with Crippen LogP contribution in [0.5, 0.6) is 0 Å². The highest BCUT2D eigenvalue weighted by Gasteiger charge is 2.23. The van der Waals surface area contributed by atoms with Gasteiger partial charge in [0.1, 0.15) is 5.69 Å². The van der Waals surface area contributed by atoms with E-state index in [-0.39, 0.29) is 5.56 Å². The third kappa shape index (κ3) is 2.98. The van der Waals surface area contributed by atoms with Crippen LogP contribution in [0.3, 0.4) is 0 Å². The lowest BCUT2D eigenvalue weighted by Crippen LogP contribution is -2.27. The van der Waals surface area contributed by atoms with Crippen LogP contribution in [0.4, 0.5) is 5.69 Å². The van der Waals surface area contributed by atoms with Gasteiger partial charge in [0.15, 0.2) is 5.82 Å². The maximum atomic E-state index is 12.2. The Morgan fingerprint density at radius 2 is 2.35 bits per heavy atom. The Labute approximate surface area is 119 Å². The molecule has 0 aromatic carbocycles. The molecule has 2 aromatic rings. The third-order valence-corrected chi connectivity index (χ3v) is 3.47. The van der Waals surface area contributed by atoms with Crippen LogP contribution in [-0.2, 0) is 13.0 Å². The smallest absolute Gasteiger partial charge is 0.291 e. The maximum absolute atomic E-state index is 12.2. The average molecular weight is 296 g/mol. The van der Waals surface area contributed by atoms with E-state index >= 15 is 0 Å². The van der Waals surface area contributed by atoms with Gasteiger partial charge in [-0.1, -0.05) is 16.8 Å². The fourth-order valence-electron chi connectivity index (χ4n) is 1.91. The minimum atomic E-state index is -0.183. The summed E-state index contributed by atoms with van der Waals surface area (Å²) in [5.41, 5.74) is 0.198. The van der Waals surface area contributed by atoms with E-state index in [1.807, 2.05) is 0 Å². The van der Waals surface area contributed by atoms with Crippen molar-refractivity contribution in [1.82, 2.24) is 19.9 Å². The summed E-state index contributed by atoms with van der Waals surface area (Å²) in [6, 6.07) is 0. The summed E-state index contributed by atoms with van der Waals surface area (Å²) in [5.74, 6) is 1.16. The fraction of sp³-hybridized carbons (Fsp3) is 0.500. The minimum absolute atomic E-state index is 0.183. The van der Waals surface area contributed by atoms with Gasteiger partial charge in [-0.15, -0.1) is 0 Å². The van der Waals surface area contributed by atoms with Crippen LogP contribution in [0, 0.1) is 5.92 Å². The van der Waals surface area contributed by atoms with Crippen molar-refractivity contribution in [3.05, 3.63) is 33.8 Å². The Morgan fingerprint density at radius 1 is 1.50 bits per heavy atom. The van der Waals surface area contributed by atoms with E-state index in [2.05, 4.69) is 25.1 Å². The summed E-state index contributed by atoms with van der Waals surface area (Å²) < 4.78 is 6.12. The van der Waals surface area contributed by atoms with Gasteiger partial charge >= 0.3 is 0 Å². The monoisotopic (exact) mass is 295 g/mol. The molecule has 1 fully saturated rings. The molecule has 0 atom stereocenters. The van der Waals surface area contributed by atoms with E-state index in [1.54, 1.807) is 0 Å². The second-order valence-corrected chi connectivity index (χ2v) is 5.23. The van der Waals surface area contributed by atoms with E-state index in [1.165, 1.54) is 17.3 Å². The Kier molecular flexibility index (Phi) is 3.68. The van der Waals surface area contributed by atoms with Gasteiger partial charge < -0.3 is 9.84 Å². The molecule has 0 unspecified atom stereocenters. The number of nitrogens with zero attached hydrogens (tertiary/aromatic N) is 4. The highest BCUT2D eigenvalue weighted by atomic mass is 35.5. The summed E-state index contributed by atoms with van der Waals surface area (Å²) in [4.78, 5) is 16.2. The van der Waals surface area contributed by atoms with Gasteiger partial charge in [0.2, 0.25) is 6.39 Å². The Balaban J connectivity index is 1.69. The Hall–Kier alpha value is -1.89. The summed E-state index contributed by atoms with van der Waals surface area (Å²) in [6.45, 7) is 1.16. The molecule has 2 heterocycles. The standard InChI is InChI=1S/C12H14ClN5O2/c13-9-5-16-18(6-8-1-2-8)12(19)11(9)14-4-3-10-15-7-20-17-10/h5,7-8,14H,1-4,6H2.